The summed E-state index contributed by atoms with van der Waals surface area (Å²) in [6.07, 6.45) is -0.283. The van der Waals surface area contributed by atoms with Crippen molar-refractivity contribution in [2.75, 3.05) is 5.32 Å². The molecule has 17 heavy (non-hydrogen) atoms. The lowest BCUT2D eigenvalue weighted by molar-refractivity contribution is -0.137. The average Bonchev–Trinajstić information content (AvgIpc) is 2.26. The number of pyridine rings is 1. The topological polar surface area (TPSA) is 24.9 Å². The van der Waals surface area contributed by atoms with Crippen LogP contribution in [-0.4, -0.2) is 11.0 Å². The molecule has 0 aliphatic rings. The number of halogens is 3. The summed E-state index contributed by atoms with van der Waals surface area (Å²) in [6.45, 7) is 4.10. The molecule has 1 unspecified atom stereocenters. The normalized spacial score (nSPS) is 13.5. The van der Waals surface area contributed by atoms with Crippen molar-refractivity contribution in [1.82, 2.24) is 4.98 Å². The number of unbranched alkanes of at least 4 members (excludes halogenated alkanes) is 1. The zero-order valence-electron chi connectivity index (χ0n) is 10.0. The Hall–Kier alpha value is -1.26. The Labute approximate surface area is 99.3 Å². The molecular formula is C12H17F3N2. The van der Waals surface area contributed by atoms with Crippen molar-refractivity contribution in [2.45, 2.75) is 45.3 Å². The lowest BCUT2D eigenvalue weighted by Crippen LogP contribution is -2.16. The van der Waals surface area contributed by atoms with Gasteiger partial charge in [-0.2, -0.15) is 13.2 Å². The Morgan fingerprint density at radius 2 is 2.06 bits per heavy atom. The zero-order chi connectivity index (χ0) is 12.9. The molecule has 0 radical (unpaired) electrons. The largest absolute Gasteiger partial charge is 0.417 e. The molecule has 0 aromatic carbocycles. The van der Waals surface area contributed by atoms with E-state index in [1.807, 2.05) is 6.92 Å². The van der Waals surface area contributed by atoms with Crippen LogP contribution in [0, 0.1) is 0 Å². The van der Waals surface area contributed by atoms with Crippen molar-refractivity contribution in [3.05, 3.63) is 23.9 Å². The van der Waals surface area contributed by atoms with Gasteiger partial charge in [-0.05, 0) is 25.5 Å². The first kappa shape index (κ1) is 13.8. The summed E-state index contributed by atoms with van der Waals surface area (Å²) < 4.78 is 36.9. The van der Waals surface area contributed by atoms with Crippen LogP contribution < -0.4 is 5.32 Å². The third-order valence-corrected chi connectivity index (χ3v) is 2.48. The van der Waals surface area contributed by atoms with Crippen LogP contribution in [0.4, 0.5) is 19.0 Å². The summed E-state index contributed by atoms with van der Waals surface area (Å²) in [6, 6.07) is 2.63. The second-order valence-corrected chi connectivity index (χ2v) is 4.12. The molecule has 0 aliphatic carbocycles. The van der Waals surface area contributed by atoms with E-state index in [1.165, 1.54) is 6.07 Å². The van der Waals surface area contributed by atoms with Crippen molar-refractivity contribution in [2.24, 2.45) is 0 Å². The van der Waals surface area contributed by atoms with Crippen LogP contribution in [0.5, 0.6) is 0 Å². The molecular weight excluding hydrogens is 229 g/mol. The molecule has 0 fully saturated rings. The van der Waals surface area contributed by atoms with Crippen LogP contribution in [0.2, 0.25) is 0 Å². The van der Waals surface area contributed by atoms with Crippen LogP contribution in [0.3, 0.4) is 0 Å². The van der Waals surface area contributed by atoms with Crippen molar-refractivity contribution < 1.29 is 13.2 Å². The molecule has 0 saturated heterocycles. The molecule has 0 saturated carbocycles. The van der Waals surface area contributed by atoms with Gasteiger partial charge in [0.05, 0.1) is 5.56 Å². The maximum absolute atomic E-state index is 12.3. The quantitative estimate of drug-likeness (QED) is 0.846. The van der Waals surface area contributed by atoms with Gasteiger partial charge in [0.25, 0.3) is 0 Å². The number of hydrogen-bond acceptors (Lipinski definition) is 2. The summed E-state index contributed by atoms with van der Waals surface area (Å²) >= 11 is 0. The summed E-state index contributed by atoms with van der Waals surface area (Å²) in [5.41, 5.74) is -0.718. The van der Waals surface area contributed by atoms with Crippen molar-refractivity contribution in [3.8, 4) is 0 Å². The molecule has 2 nitrogen and oxygen atoms in total. The number of aromatic nitrogens is 1. The zero-order valence-corrected chi connectivity index (χ0v) is 10.0. The van der Waals surface area contributed by atoms with Gasteiger partial charge < -0.3 is 5.32 Å². The predicted octanol–water partition coefficient (Wildman–Crippen LogP) is 4.09. The van der Waals surface area contributed by atoms with E-state index in [1.54, 1.807) is 0 Å². The van der Waals surface area contributed by atoms with E-state index in [0.29, 0.717) is 5.82 Å². The Morgan fingerprint density at radius 3 is 2.53 bits per heavy atom. The fourth-order valence-corrected chi connectivity index (χ4v) is 1.48. The van der Waals surface area contributed by atoms with Crippen molar-refractivity contribution >= 4 is 5.82 Å². The number of nitrogens with one attached hydrogen (secondary N) is 1. The smallest absolute Gasteiger partial charge is 0.368 e. The van der Waals surface area contributed by atoms with E-state index in [2.05, 4.69) is 17.2 Å². The summed E-state index contributed by atoms with van der Waals surface area (Å²) in [5, 5.41) is 3.08. The standard InChI is InChI=1S/C12H17F3N2/c1-3-4-5-9(2)17-11-7-6-10(8-16-11)12(13,14)15/h6-9H,3-5H2,1-2H3,(H,16,17). The highest BCUT2D eigenvalue weighted by Gasteiger charge is 2.30. The minimum absolute atomic E-state index is 0.221. The third kappa shape index (κ3) is 4.63. The van der Waals surface area contributed by atoms with Gasteiger partial charge >= 0.3 is 6.18 Å². The van der Waals surface area contributed by atoms with E-state index in [4.69, 9.17) is 0 Å². The number of alkyl halides is 3. The van der Waals surface area contributed by atoms with Crippen LogP contribution in [-0.2, 0) is 6.18 Å². The highest BCUT2D eigenvalue weighted by Crippen LogP contribution is 2.28. The second kappa shape index (κ2) is 5.89. The van der Waals surface area contributed by atoms with E-state index in [9.17, 15) is 13.2 Å². The molecule has 1 rings (SSSR count). The third-order valence-electron chi connectivity index (χ3n) is 2.48. The first-order valence-corrected chi connectivity index (χ1v) is 5.73. The predicted molar refractivity (Wildman–Crippen MR) is 61.8 cm³/mol. The number of anilines is 1. The van der Waals surface area contributed by atoms with E-state index in [-0.39, 0.29) is 6.04 Å². The van der Waals surface area contributed by atoms with Gasteiger partial charge in [0.15, 0.2) is 0 Å². The monoisotopic (exact) mass is 246 g/mol. The first-order valence-electron chi connectivity index (χ1n) is 5.73. The van der Waals surface area contributed by atoms with Crippen LogP contribution in [0.1, 0.15) is 38.7 Å². The Kier molecular flexibility index (Phi) is 4.78. The lowest BCUT2D eigenvalue weighted by Gasteiger charge is -2.14. The number of rotatable bonds is 5. The van der Waals surface area contributed by atoms with Crippen LogP contribution in [0.25, 0.3) is 0 Å². The van der Waals surface area contributed by atoms with Gasteiger partial charge in [-0.15, -0.1) is 0 Å². The van der Waals surface area contributed by atoms with Crippen LogP contribution in [0.15, 0.2) is 18.3 Å². The molecule has 5 heteroatoms. The fraction of sp³-hybridized carbons (Fsp3) is 0.583. The summed E-state index contributed by atoms with van der Waals surface area (Å²) in [5.74, 6) is 0.488. The Balaban J connectivity index is 2.56. The highest BCUT2D eigenvalue weighted by atomic mass is 19.4. The highest BCUT2D eigenvalue weighted by molar-refractivity contribution is 5.36. The molecule has 0 aliphatic heterocycles. The van der Waals surface area contributed by atoms with E-state index < -0.39 is 11.7 Å². The molecule has 1 N–H and O–H groups in total. The minimum atomic E-state index is -4.32. The molecule has 1 aromatic rings. The maximum atomic E-state index is 12.3. The van der Waals surface area contributed by atoms with Crippen LogP contribution >= 0.6 is 0 Å². The lowest BCUT2D eigenvalue weighted by atomic mass is 10.1. The summed E-state index contributed by atoms with van der Waals surface area (Å²) in [7, 11) is 0. The molecule has 96 valence electrons. The minimum Gasteiger partial charge on any atom is -0.368 e. The second-order valence-electron chi connectivity index (χ2n) is 4.12. The molecule has 1 heterocycles. The summed E-state index contributed by atoms with van der Waals surface area (Å²) in [4.78, 5) is 3.76. The molecule has 1 aromatic heterocycles. The molecule has 0 bridgehead atoms. The SMILES string of the molecule is CCCCC(C)Nc1ccc(C(F)(F)F)cn1. The van der Waals surface area contributed by atoms with Gasteiger partial charge in [0.2, 0.25) is 0 Å². The Bertz CT molecular complexity index is 333. The Morgan fingerprint density at radius 1 is 1.35 bits per heavy atom. The molecule has 1 atom stereocenters. The van der Waals surface area contributed by atoms with Gasteiger partial charge in [0, 0.05) is 12.2 Å². The fourth-order valence-electron chi connectivity index (χ4n) is 1.48. The maximum Gasteiger partial charge on any atom is 0.417 e. The molecule has 0 amide bonds. The van der Waals surface area contributed by atoms with Crippen molar-refractivity contribution in [1.29, 1.82) is 0 Å². The van der Waals surface area contributed by atoms with Gasteiger partial charge in [-0.1, -0.05) is 19.8 Å². The van der Waals surface area contributed by atoms with Gasteiger partial charge in [-0.25, -0.2) is 4.98 Å². The first-order chi connectivity index (χ1) is 7.93. The van der Waals surface area contributed by atoms with E-state index in [0.717, 1.165) is 31.5 Å². The average molecular weight is 246 g/mol. The van der Waals surface area contributed by atoms with Gasteiger partial charge in [0.1, 0.15) is 5.82 Å². The van der Waals surface area contributed by atoms with E-state index >= 15 is 0 Å². The number of nitrogens with zero attached hydrogens (tertiary/aromatic N) is 1. The van der Waals surface area contributed by atoms with Gasteiger partial charge in [-0.3, -0.25) is 0 Å². The number of hydrogen-bond donors (Lipinski definition) is 1. The molecule has 0 spiro atoms. The van der Waals surface area contributed by atoms with Crippen molar-refractivity contribution in [3.63, 3.8) is 0 Å².